The van der Waals surface area contributed by atoms with E-state index < -0.39 is 0 Å². The Morgan fingerprint density at radius 2 is 2.03 bits per heavy atom. The molecule has 2 aromatic carbocycles. The summed E-state index contributed by atoms with van der Waals surface area (Å²) in [6.07, 6.45) is 5.07. The Balaban J connectivity index is 1.60. The predicted octanol–water partition coefficient (Wildman–Crippen LogP) is 4.53. The highest BCUT2D eigenvalue weighted by atomic mass is 35.5. The van der Waals surface area contributed by atoms with Gasteiger partial charge in [0, 0.05) is 24.2 Å². The molecule has 158 valence electrons. The maximum Gasteiger partial charge on any atom is 0.330 e. The quantitative estimate of drug-likeness (QED) is 0.349. The maximum atomic E-state index is 12.7. The average Bonchev–Trinajstić information content (AvgIpc) is 2.84. The van der Waals surface area contributed by atoms with Crippen molar-refractivity contribution in [2.45, 2.75) is 19.8 Å². The molecule has 3 rings (SSSR count). The minimum absolute atomic E-state index is 0.133. The van der Waals surface area contributed by atoms with Gasteiger partial charge >= 0.3 is 5.97 Å². The molecular formula is C23H26ClN3O3. The number of carbonyl (C=O) groups excluding carboxylic acids is 2. The average molecular weight is 428 g/mol. The molecule has 0 atom stereocenters. The van der Waals surface area contributed by atoms with E-state index in [1.807, 2.05) is 30.3 Å². The fraction of sp³-hybridized carbons (Fsp3) is 0.304. The van der Waals surface area contributed by atoms with E-state index in [-0.39, 0.29) is 11.9 Å². The second kappa shape index (κ2) is 10.8. The SMILES string of the molecule is CCOC(=O)/C=C/CNCCCCN1c2ccccc2NC(=O)c2ccc(Cl)cc21. The topological polar surface area (TPSA) is 70.7 Å². The summed E-state index contributed by atoms with van der Waals surface area (Å²) >= 11 is 6.24. The van der Waals surface area contributed by atoms with Crippen molar-refractivity contribution in [2.24, 2.45) is 0 Å². The first-order chi connectivity index (χ1) is 14.6. The Labute approximate surface area is 181 Å². The van der Waals surface area contributed by atoms with Crippen LogP contribution in [0, 0.1) is 0 Å². The zero-order valence-corrected chi connectivity index (χ0v) is 17.7. The molecule has 1 heterocycles. The summed E-state index contributed by atoms with van der Waals surface area (Å²) in [5.74, 6) is -0.453. The molecule has 0 unspecified atom stereocenters. The highest BCUT2D eigenvalue weighted by molar-refractivity contribution is 6.31. The van der Waals surface area contributed by atoms with E-state index in [0.29, 0.717) is 23.7 Å². The number of nitrogens with one attached hydrogen (secondary N) is 2. The molecule has 0 aromatic heterocycles. The number of carbonyl (C=O) groups is 2. The number of hydrogen-bond donors (Lipinski definition) is 2. The fourth-order valence-electron chi connectivity index (χ4n) is 3.35. The lowest BCUT2D eigenvalue weighted by Gasteiger charge is -2.26. The van der Waals surface area contributed by atoms with Crippen molar-refractivity contribution in [3.8, 4) is 0 Å². The van der Waals surface area contributed by atoms with Gasteiger partial charge in [-0.25, -0.2) is 4.79 Å². The van der Waals surface area contributed by atoms with Gasteiger partial charge in [-0.2, -0.15) is 0 Å². The maximum absolute atomic E-state index is 12.7. The number of rotatable bonds is 9. The molecule has 0 spiro atoms. The van der Waals surface area contributed by atoms with E-state index in [1.165, 1.54) is 6.08 Å². The van der Waals surface area contributed by atoms with Crippen molar-refractivity contribution in [1.29, 1.82) is 0 Å². The van der Waals surface area contributed by atoms with Gasteiger partial charge in [-0.3, -0.25) is 4.79 Å². The molecule has 30 heavy (non-hydrogen) atoms. The standard InChI is InChI=1S/C23H26ClN3O3/c1-2-30-22(28)10-7-14-25-13-5-6-15-27-20-9-4-3-8-19(20)26-23(29)18-12-11-17(24)16-21(18)27/h3-4,7-12,16,25H,2,5-6,13-15H2,1H3,(H,26,29)/b10-7+. The van der Waals surface area contributed by atoms with Gasteiger partial charge in [0.05, 0.1) is 29.2 Å². The molecule has 1 aliphatic heterocycles. The molecule has 0 saturated carbocycles. The van der Waals surface area contributed by atoms with Gasteiger partial charge in [-0.1, -0.05) is 29.8 Å². The second-order valence-corrected chi connectivity index (χ2v) is 7.29. The lowest BCUT2D eigenvalue weighted by Crippen LogP contribution is -2.21. The van der Waals surface area contributed by atoms with E-state index >= 15 is 0 Å². The first-order valence-corrected chi connectivity index (χ1v) is 10.5. The Morgan fingerprint density at radius 1 is 1.20 bits per heavy atom. The van der Waals surface area contributed by atoms with Gasteiger partial charge in [0.15, 0.2) is 0 Å². The van der Waals surface area contributed by atoms with Gasteiger partial charge < -0.3 is 20.3 Å². The van der Waals surface area contributed by atoms with Crippen molar-refractivity contribution >= 4 is 40.5 Å². The first kappa shape index (κ1) is 21.9. The number of fused-ring (bicyclic) bond motifs is 2. The van der Waals surface area contributed by atoms with Crippen molar-refractivity contribution in [2.75, 3.05) is 36.5 Å². The van der Waals surface area contributed by atoms with Crippen molar-refractivity contribution in [3.63, 3.8) is 0 Å². The van der Waals surface area contributed by atoms with Crippen molar-refractivity contribution in [3.05, 3.63) is 65.2 Å². The number of benzene rings is 2. The lowest BCUT2D eigenvalue weighted by molar-refractivity contribution is -0.137. The summed E-state index contributed by atoms with van der Waals surface area (Å²) < 4.78 is 4.84. The molecule has 6 nitrogen and oxygen atoms in total. The number of ether oxygens (including phenoxy) is 1. The van der Waals surface area contributed by atoms with Crippen LogP contribution in [-0.4, -0.2) is 38.1 Å². The number of halogens is 1. The van der Waals surface area contributed by atoms with Gasteiger partial charge in [0.2, 0.25) is 0 Å². The highest BCUT2D eigenvalue weighted by Crippen LogP contribution is 2.38. The van der Waals surface area contributed by atoms with Crippen LogP contribution in [0.2, 0.25) is 5.02 Å². The summed E-state index contributed by atoms with van der Waals surface area (Å²) in [5.41, 5.74) is 3.17. The fourth-order valence-corrected chi connectivity index (χ4v) is 3.51. The van der Waals surface area contributed by atoms with Crippen LogP contribution in [0.5, 0.6) is 0 Å². The van der Waals surface area contributed by atoms with Gasteiger partial charge in [0.25, 0.3) is 5.91 Å². The number of amides is 1. The number of unbranched alkanes of at least 4 members (excludes halogenated alkanes) is 1. The van der Waals surface area contributed by atoms with Crippen LogP contribution in [0.3, 0.4) is 0 Å². The summed E-state index contributed by atoms with van der Waals surface area (Å²) in [7, 11) is 0. The lowest BCUT2D eigenvalue weighted by atomic mass is 10.1. The molecule has 0 bridgehead atoms. The van der Waals surface area contributed by atoms with Gasteiger partial charge in [-0.15, -0.1) is 0 Å². The molecule has 2 N–H and O–H groups in total. The Bertz CT molecular complexity index is 930. The molecule has 2 aromatic rings. The molecule has 0 fully saturated rings. The minimum atomic E-state index is -0.320. The van der Waals surface area contributed by atoms with Crippen LogP contribution in [0.25, 0.3) is 0 Å². The van der Waals surface area contributed by atoms with Crippen molar-refractivity contribution in [1.82, 2.24) is 5.32 Å². The monoisotopic (exact) mass is 427 g/mol. The molecule has 7 heteroatoms. The highest BCUT2D eigenvalue weighted by Gasteiger charge is 2.24. The molecule has 0 aliphatic carbocycles. The number of esters is 1. The number of hydrogen-bond acceptors (Lipinski definition) is 5. The Hall–Kier alpha value is -2.83. The van der Waals surface area contributed by atoms with Crippen LogP contribution in [-0.2, 0) is 9.53 Å². The first-order valence-electron chi connectivity index (χ1n) is 10.1. The van der Waals surface area contributed by atoms with E-state index in [4.69, 9.17) is 16.3 Å². The summed E-state index contributed by atoms with van der Waals surface area (Å²) in [6.45, 7) is 4.35. The summed E-state index contributed by atoms with van der Waals surface area (Å²) in [4.78, 5) is 26.1. The number of anilines is 3. The third kappa shape index (κ3) is 5.62. The van der Waals surface area contributed by atoms with Crippen LogP contribution >= 0.6 is 11.6 Å². The third-order valence-corrected chi connectivity index (χ3v) is 4.96. The zero-order chi connectivity index (χ0) is 21.3. The normalized spacial score (nSPS) is 12.9. The van der Waals surface area contributed by atoms with Gasteiger partial charge in [0.1, 0.15) is 0 Å². The molecular weight excluding hydrogens is 402 g/mol. The summed E-state index contributed by atoms with van der Waals surface area (Å²) in [6, 6.07) is 13.1. The van der Waals surface area contributed by atoms with E-state index in [1.54, 1.807) is 25.1 Å². The smallest absolute Gasteiger partial charge is 0.330 e. The van der Waals surface area contributed by atoms with Crippen LogP contribution in [0.4, 0.5) is 17.1 Å². The van der Waals surface area contributed by atoms with Gasteiger partial charge in [-0.05, 0) is 56.6 Å². The van der Waals surface area contributed by atoms with E-state index in [2.05, 4.69) is 15.5 Å². The molecule has 1 aliphatic rings. The second-order valence-electron chi connectivity index (χ2n) is 6.85. The third-order valence-electron chi connectivity index (χ3n) is 4.73. The molecule has 0 saturated heterocycles. The minimum Gasteiger partial charge on any atom is -0.463 e. The molecule has 1 amide bonds. The van der Waals surface area contributed by atoms with Crippen molar-refractivity contribution < 1.29 is 14.3 Å². The Kier molecular flexibility index (Phi) is 7.88. The van der Waals surface area contributed by atoms with Crippen LogP contribution < -0.4 is 15.5 Å². The van der Waals surface area contributed by atoms with Crippen LogP contribution in [0.15, 0.2) is 54.6 Å². The Morgan fingerprint density at radius 3 is 2.87 bits per heavy atom. The number of para-hydroxylation sites is 2. The van der Waals surface area contributed by atoms with Crippen LogP contribution in [0.1, 0.15) is 30.1 Å². The largest absolute Gasteiger partial charge is 0.463 e. The molecule has 0 radical (unpaired) electrons. The van der Waals surface area contributed by atoms with E-state index in [0.717, 1.165) is 43.0 Å². The zero-order valence-electron chi connectivity index (χ0n) is 17.0. The number of nitrogens with zero attached hydrogens (tertiary/aromatic N) is 1. The van der Waals surface area contributed by atoms with E-state index in [9.17, 15) is 9.59 Å². The predicted molar refractivity (Wildman–Crippen MR) is 121 cm³/mol. The summed E-state index contributed by atoms with van der Waals surface area (Å²) in [5, 5.41) is 6.87.